The number of nitrogens with zero attached hydrogens (tertiary/aromatic N) is 2. The highest BCUT2D eigenvalue weighted by molar-refractivity contribution is 5.14. The van der Waals surface area contributed by atoms with Crippen molar-refractivity contribution in [2.75, 3.05) is 7.05 Å². The molecule has 0 aliphatic carbocycles. The van der Waals surface area contributed by atoms with Crippen LogP contribution in [0.3, 0.4) is 0 Å². The maximum atomic E-state index is 4.42. The molecule has 2 rings (SSSR count). The molecule has 0 radical (unpaired) electrons. The summed E-state index contributed by atoms with van der Waals surface area (Å²) in [6, 6.07) is 3.11. The van der Waals surface area contributed by atoms with Crippen molar-refractivity contribution in [1.82, 2.24) is 15.1 Å². The van der Waals surface area contributed by atoms with Crippen LogP contribution in [0.2, 0.25) is 0 Å². The van der Waals surface area contributed by atoms with Crippen LogP contribution in [0.4, 0.5) is 0 Å². The zero-order valence-corrected chi connectivity index (χ0v) is 9.41. The first-order chi connectivity index (χ1) is 6.54. The Morgan fingerprint density at radius 2 is 2.21 bits per heavy atom. The number of fused-ring (bicyclic) bond motifs is 1. The van der Waals surface area contributed by atoms with Crippen molar-refractivity contribution in [2.24, 2.45) is 5.41 Å². The van der Waals surface area contributed by atoms with Crippen LogP contribution in [-0.2, 0) is 0 Å². The molecule has 3 nitrogen and oxygen atoms in total. The highest BCUT2D eigenvalue weighted by Gasteiger charge is 2.37. The van der Waals surface area contributed by atoms with Crippen molar-refractivity contribution >= 4 is 0 Å². The van der Waals surface area contributed by atoms with Gasteiger partial charge in [0.15, 0.2) is 0 Å². The summed E-state index contributed by atoms with van der Waals surface area (Å²) in [4.78, 5) is 0. The van der Waals surface area contributed by atoms with Crippen LogP contribution in [0, 0.1) is 5.41 Å². The van der Waals surface area contributed by atoms with Gasteiger partial charge in [-0.15, -0.1) is 0 Å². The third kappa shape index (κ3) is 1.36. The Morgan fingerprint density at radius 1 is 1.50 bits per heavy atom. The third-order valence-electron chi connectivity index (χ3n) is 3.16. The van der Waals surface area contributed by atoms with Gasteiger partial charge in [-0.05, 0) is 24.9 Å². The first-order valence-electron chi connectivity index (χ1n) is 5.24. The molecule has 0 fully saturated rings. The highest BCUT2D eigenvalue weighted by Crippen LogP contribution is 2.43. The number of nitrogens with one attached hydrogen (secondary N) is 1. The zero-order valence-electron chi connectivity index (χ0n) is 9.41. The molecule has 0 unspecified atom stereocenters. The van der Waals surface area contributed by atoms with Gasteiger partial charge in [0.2, 0.25) is 0 Å². The lowest BCUT2D eigenvalue weighted by Gasteiger charge is -2.27. The highest BCUT2D eigenvalue weighted by atomic mass is 15.3. The van der Waals surface area contributed by atoms with E-state index in [0.717, 1.165) is 6.42 Å². The van der Waals surface area contributed by atoms with Gasteiger partial charge in [0.1, 0.15) is 0 Å². The lowest BCUT2D eigenvalue weighted by Crippen LogP contribution is -2.22. The minimum atomic E-state index is 0.284. The van der Waals surface area contributed by atoms with E-state index >= 15 is 0 Å². The average Bonchev–Trinajstić information content (AvgIpc) is 2.59. The van der Waals surface area contributed by atoms with Crippen LogP contribution >= 0.6 is 0 Å². The summed E-state index contributed by atoms with van der Waals surface area (Å²) in [7, 11) is 2.02. The van der Waals surface area contributed by atoms with Crippen LogP contribution in [0.5, 0.6) is 0 Å². The normalized spacial score (nSPS) is 26.6. The molecule has 0 saturated heterocycles. The first-order valence-corrected chi connectivity index (χ1v) is 5.24. The predicted molar refractivity (Wildman–Crippen MR) is 57.1 cm³/mol. The van der Waals surface area contributed by atoms with Crippen molar-refractivity contribution in [1.29, 1.82) is 0 Å². The molecule has 1 aliphatic rings. The Morgan fingerprint density at radius 3 is 2.79 bits per heavy atom. The molecule has 2 heterocycles. The van der Waals surface area contributed by atoms with Crippen LogP contribution in [0.15, 0.2) is 12.3 Å². The van der Waals surface area contributed by atoms with E-state index in [0.29, 0.717) is 12.1 Å². The molecule has 1 aromatic rings. The van der Waals surface area contributed by atoms with Gasteiger partial charge in [-0.25, -0.2) is 0 Å². The number of rotatable bonds is 1. The van der Waals surface area contributed by atoms with Crippen molar-refractivity contribution in [3.8, 4) is 0 Å². The third-order valence-corrected chi connectivity index (χ3v) is 3.16. The van der Waals surface area contributed by atoms with E-state index in [2.05, 4.69) is 41.9 Å². The van der Waals surface area contributed by atoms with Crippen molar-refractivity contribution < 1.29 is 0 Å². The van der Waals surface area contributed by atoms with Crippen molar-refractivity contribution in [2.45, 2.75) is 39.3 Å². The maximum Gasteiger partial charge on any atom is 0.0590 e. The Labute approximate surface area is 85.5 Å². The molecule has 14 heavy (non-hydrogen) atoms. The molecule has 0 amide bonds. The van der Waals surface area contributed by atoms with Crippen LogP contribution in [0.25, 0.3) is 0 Å². The van der Waals surface area contributed by atoms with Crippen molar-refractivity contribution in [3.63, 3.8) is 0 Å². The second-order valence-electron chi connectivity index (χ2n) is 5.16. The molecule has 3 heteroatoms. The second kappa shape index (κ2) is 3.09. The molecule has 1 N–H and O–H groups in total. The average molecular weight is 193 g/mol. The van der Waals surface area contributed by atoms with Gasteiger partial charge in [0.25, 0.3) is 0 Å². The molecular formula is C11H19N3. The number of aromatic nitrogens is 2. The summed E-state index contributed by atoms with van der Waals surface area (Å²) in [6.07, 6.45) is 3.06. The lowest BCUT2D eigenvalue weighted by atomic mass is 9.85. The number of hydrogen-bond donors (Lipinski definition) is 1. The van der Waals surface area contributed by atoms with E-state index in [1.807, 2.05) is 13.2 Å². The summed E-state index contributed by atoms with van der Waals surface area (Å²) >= 11 is 0. The number of hydrogen-bond acceptors (Lipinski definition) is 2. The maximum absolute atomic E-state index is 4.42. The molecule has 0 saturated carbocycles. The van der Waals surface area contributed by atoms with E-state index in [-0.39, 0.29) is 5.41 Å². The Hall–Kier alpha value is -0.830. The van der Waals surface area contributed by atoms with Gasteiger partial charge in [-0.3, -0.25) is 4.68 Å². The zero-order chi connectivity index (χ0) is 10.3. The SMILES string of the molecule is CN[C@H]1C[C@@H](C(C)(C)C)n2nccc21. The molecule has 0 bridgehead atoms. The minimum Gasteiger partial charge on any atom is -0.312 e. The fourth-order valence-electron chi connectivity index (χ4n) is 2.29. The molecule has 1 aliphatic heterocycles. The van der Waals surface area contributed by atoms with Gasteiger partial charge in [-0.2, -0.15) is 5.10 Å². The fraction of sp³-hybridized carbons (Fsp3) is 0.727. The van der Waals surface area contributed by atoms with E-state index in [1.165, 1.54) is 5.69 Å². The Bertz CT molecular complexity index is 322. The van der Waals surface area contributed by atoms with Crippen LogP contribution in [0.1, 0.15) is 45.0 Å². The largest absolute Gasteiger partial charge is 0.312 e. The van der Waals surface area contributed by atoms with E-state index in [1.54, 1.807) is 0 Å². The predicted octanol–water partition coefficient (Wildman–Crippen LogP) is 2.13. The smallest absolute Gasteiger partial charge is 0.0590 e. The standard InChI is InChI=1S/C11H19N3/c1-11(2,3)10-7-8(12-4)9-5-6-13-14(9)10/h5-6,8,10,12H,7H2,1-4H3/t8-,10-/m0/s1. The van der Waals surface area contributed by atoms with Gasteiger partial charge in [0, 0.05) is 6.20 Å². The summed E-state index contributed by atoms with van der Waals surface area (Å²) in [5.74, 6) is 0. The molecule has 2 atom stereocenters. The fourth-order valence-corrected chi connectivity index (χ4v) is 2.29. The Kier molecular flexibility index (Phi) is 2.14. The summed E-state index contributed by atoms with van der Waals surface area (Å²) in [5, 5.41) is 7.77. The lowest BCUT2D eigenvalue weighted by molar-refractivity contribution is 0.228. The van der Waals surface area contributed by atoms with Gasteiger partial charge < -0.3 is 5.32 Å². The molecular weight excluding hydrogens is 174 g/mol. The van der Waals surface area contributed by atoms with E-state index < -0.39 is 0 Å². The molecule has 78 valence electrons. The first kappa shape index (κ1) is 9.71. The van der Waals surface area contributed by atoms with E-state index in [9.17, 15) is 0 Å². The monoisotopic (exact) mass is 193 g/mol. The van der Waals surface area contributed by atoms with Gasteiger partial charge >= 0.3 is 0 Å². The minimum absolute atomic E-state index is 0.284. The van der Waals surface area contributed by atoms with Gasteiger partial charge in [0.05, 0.1) is 17.8 Å². The van der Waals surface area contributed by atoms with E-state index in [4.69, 9.17) is 0 Å². The van der Waals surface area contributed by atoms with Gasteiger partial charge in [-0.1, -0.05) is 20.8 Å². The van der Waals surface area contributed by atoms with Crippen LogP contribution < -0.4 is 5.32 Å². The molecule has 0 spiro atoms. The second-order valence-corrected chi connectivity index (χ2v) is 5.16. The van der Waals surface area contributed by atoms with Crippen LogP contribution in [-0.4, -0.2) is 16.8 Å². The van der Waals surface area contributed by atoms with Crippen molar-refractivity contribution in [3.05, 3.63) is 18.0 Å². The summed E-state index contributed by atoms with van der Waals surface area (Å²) < 4.78 is 2.18. The summed E-state index contributed by atoms with van der Waals surface area (Å²) in [5.41, 5.74) is 1.61. The Balaban J connectivity index is 2.35. The molecule has 1 aromatic heterocycles. The topological polar surface area (TPSA) is 29.9 Å². The molecule has 0 aromatic carbocycles. The summed E-state index contributed by atoms with van der Waals surface area (Å²) in [6.45, 7) is 6.84. The quantitative estimate of drug-likeness (QED) is 0.740.